The Balaban J connectivity index is 1.67. The first-order valence-electron chi connectivity index (χ1n) is 9.03. The highest BCUT2D eigenvalue weighted by Crippen LogP contribution is 2.19. The van der Waals surface area contributed by atoms with Crippen molar-refractivity contribution in [3.05, 3.63) is 77.7 Å². The summed E-state index contributed by atoms with van der Waals surface area (Å²) in [6.45, 7) is 2.14. The number of aromatic hydroxyl groups is 1. The number of esters is 1. The van der Waals surface area contributed by atoms with Crippen molar-refractivity contribution in [2.45, 2.75) is 26.2 Å². The van der Waals surface area contributed by atoms with Crippen LogP contribution >= 0.6 is 0 Å². The van der Waals surface area contributed by atoms with Crippen molar-refractivity contribution < 1.29 is 14.6 Å². The standard InChI is InChI=1S/C22H22N2O3/c1-2-27-22(26)18-7-4-6-17(15-18)20-13-14-23-21(24-20)8-3-5-16-9-11-19(25)12-10-16/h4,6-7,9-15,25H,2-3,5,8H2,1H3. The monoisotopic (exact) mass is 362 g/mol. The maximum atomic E-state index is 11.9. The van der Waals surface area contributed by atoms with Gasteiger partial charge in [0.1, 0.15) is 11.6 Å². The maximum absolute atomic E-state index is 11.9. The minimum absolute atomic E-state index is 0.278. The molecular weight excluding hydrogens is 340 g/mol. The largest absolute Gasteiger partial charge is 0.508 e. The molecule has 0 saturated heterocycles. The van der Waals surface area contributed by atoms with Gasteiger partial charge in [0.25, 0.3) is 0 Å². The van der Waals surface area contributed by atoms with Crippen molar-refractivity contribution in [3.8, 4) is 17.0 Å². The van der Waals surface area contributed by atoms with Crippen LogP contribution in [-0.4, -0.2) is 27.7 Å². The van der Waals surface area contributed by atoms with E-state index in [0.717, 1.165) is 36.3 Å². The number of hydrogen-bond donors (Lipinski definition) is 1. The van der Waals surface area contributed by atoms with Gasteiger partial charge in [-0.25, -0.2) is 14.8 Å². The molecule has 3 aromatic rings. The summed E-state index contributed by atoms with van der Waals surface area (Å²) in [5.74, 6) is 0.718. The molecule has 5 heteroatoms. The van der Waals surface area contributed by atoms with Crippen LogP contribution in [0.4, 0.5) is 0 Å². The fourth-order valence-corrected chi connectivity index (χ4v) is 2.81. The van der Waals surface area contributed by atoms with Gasteiger partial charge in [-0.15, -0.1) is 0 Å². The van der Waals surface area contributed by atoms with E-state index in [9.17, 15) is 9.90 Å². The molecule has 0 saturated carbocycles. The van der Waals surface area contributed by atoms with Crippen LogP contribution in [0.1, 0.15) is 35.1 Å². The SMILES string of the molecule is CCOC(=O)c1cccc(-c2ccnc(CCCc3ccc(O)cc3)n2)c1. The Morgan fingerprint density at radius 1 is 1.07 bits per heavy atom. The highest BCUT2D eigenvalue weighted by molar-refractivity contribution is 5.90. The fraction of sp³-hybridized carbons (Fsp3) is 0.227. The quantitative estimate of drug-likeness (QED) is 0.638. The molecule has 0 aliphatic rings. The molecule has 0 amide bonds. The van der Waals surface area contributed by atoms with Crippen molar-refractivity contribution in [2.24, 2.45) is 0 Å². The number of aryl methyl sites for hydroxylation is 2. The van der Waals surface area contributed by atoms with Gasteiger partial charge in [-0.3, -0.25) is 0 Å². The summed E-state index contributed by atoms with van der Waals surface area (Å²) < 4.78 is 5.06. The van der Waals surface area contributed by atoms with Gasteiger partial charge in [0.2, 0.25) is 0 Å². The molecular formula is C22H22N2O3. The third-order valence-electron chi connectivity index (χ3n) is 4.18. The summed E-state index contributed by atoms with van der Waals surface area (Å²) in [4.78, 5) is 20.9. The van der Waals surface area contributed by atoms with Crippen LogP contribution in [-0.2, 0) is 17.6 Å². The third-order valence-corrected chi connectivity index (χ3v) is 4.18. The number of aromatic nitrogens is 2. The first kappa shape index (κ1) is 18.6. The molecule has 5 nitrogen and oxygen atoms in total. The van der Waals surface area contributed by atoms with Gasteiger partial charge in [-0.05, 0) is 55.7 Å². The molecule has 1 aromatic heterocycles. The van der Waals surface area contributed by atoms with Crippen LogP contribution in [0.15, 0.2) is 60.8 Å². The maximum Gasteiger partial charge on any atom is 0.338 e. The van der Waals surface area contributed by atoms with E-state index < -0.39 is 0 Å². The summed E-state index contributed by atoms with van der Waals surface area (Å²) in [5.41, 5.74) is 3.34. The summed E-state index contributed by atoms with van der Waals surface area (Å²) in [6, 6.07) is 16.4. The predicted molar refractivity (Wildman–Crippen MR) is 104 cm³/mol. The average molecular weight is 362 g/mol. The molecule has 0 spiro atoms. The van der Waals surface area contributed by atoms with Crippen LogP contribution in [0.25, 0.3) is 11.3 Å². The van der Waals surface area contributed by atoms with Crippen molar-refractivity contribution in [3.63, 3.8) is 0 Å². The van der Waals surface area contributed by atoms with E-state index >= 15 is 0 Å². The van der Waals surface area contributed by atoms with E-state index in [0.29, 0.717) is 12.2 Å². The fourth-order valence-electron chi connectivity index (χ4n) is 2.81. The molecule has 0 aliphatic carbocycles. The van der Waals surface area contributed by atoms with Gasteiger partial charge in [0, 0.05) is 18.2 Å². The summed E-state index contributed by atoms with van der Waals surface area (Å²) >= 11 is 0. The number of rotatable bonds is 7. The normalized spacial score (nSPS) is 10.6. The number of phenolic OH excluding ortho intramolecular Hbond substituents is 1. The van der Waals surface area contributed by atoms with Crippen LogP contribution < -0.4 is 0 Å². The smallest absolute Gasteiger partial charge is 0.338 e. The molecule has 0 unspecified atom stereocenters. The minimum Gasteiger partial charge on any atom is -0.508 e. The summed E-state index contributed by atoms with van der Waals surface area (Å²) in [5, 5.41) is 9.33. The molecule has 0 radical (unpaired) electrons. The summed E-state index contributed by atoms with van der Waals surface area (Å²) in [7, 11) is 0. The summed E-state index contributed by atoms with van der Waals surface area (Å²) in [6.07, 6.45) is 4.31. The molecule has 1 N–H and O–H groups in total. The highest BCUT2D eigenvalue weighted by Gasteiger charge is 2.09. The Morgan fingerprint density at radius 3 is 2.67 bits per heavy atom. The molecule has 1 heterocycles. The van der Waals surface area contributed by atoms with Crippen LogP contribution in [0.3, 0.4) is 0 Å². The van der Waals surface area contributed by atoms with Crippen molar-refractivity contribution in [1.29, 1.82) is 0 Å². The Morgan fingerprint density at radius 2 is 1.89 bits per heavy atom. The number of ether oxygens (including phenoxy) is 1. The van der Waals surface area contributed by atoms with E-state index in [2.05, 4.69) is 9.97 Å². The lowest BCUT2D eigenvalue weighted by Gasteiger charge is -2.07. The van der Waals surface area contributed by atoms with Gasteiger partial charge in [-0.2, -0.15) is 0 Å². The molecule has 138 valence electrons. The topological polar surface area (TPSA) is 72.3 Å². The highest BCUT2D eigenvalue weighted by atomic mass is 16.5. The van der Waals surface area contributed by atoms with E-state index in [1.807, 2.05) is 30.3 Å². The molecule has 3 rings (SSSR count). The Labute approximate surface area is 158 Å². The second kappa shape index (κ2) is 8.94. The van der Waals surface area contributed by atoms with Gasteiger partial charge in [0.05, 0.1) is 17.9 Å². The zero-order valence-electron chi connectivity index (χ0n) is 15.3. The Kier molecular flexibility index (Phi) is 6.15. The molecule has 0 atom stereocenters. The van der Waals surface area contributed by atoms with Crippen molar-refractivity contribution in [2.75, 3.05) is 6.61 Å². The zero-order chi connectivity index (χ0) is 19.1. The average Bonchev–Trinajstić information content (AvgIpc) is 2.70. The molecule has 27 heavy (non-hydrogen) atoms. The van der Waals surface area contributed by atoms with Gasteiger partial charge in [-0.1, -0.05) is 24.3 Å². The zero-order valence-corrected chi connectivity index (χ0v) is 15.3. The van der Waals surface area contributed by atoms with Gasteiger partial charge < -0.3 is 9.84 Å². The second-order valence-corrected chi connectivity index (χ2v) is 6.18. The lowest BCUT2D eigenvalue weighted by molar-refractivity contribution is 0.0526. The molecule has 0 fully saturated rings. The van der Waals surface area contributed by atoms with Gasteiger partial charge >= 0.3 is 5.97 Å². The lowest BCUT2D eigenvalue weighted by Crippen LogP contribution is -2.04. The molecule has 0 aliphatic heterocycles. The number of phenols is 1. The predicted octanol–water partition coefficient (Wildman–Crippen LogP) is 4.20. The lowest BCUT2D eigenvalue weighted by atomic mass is 10.1. The van der Waals surface area contributed by atoms with E-state index in [1.165, 1.54) is 5.56 Å². The number of hydrogen-bond acceptors (Lipinski definition) is 5. The number of nitrogens with zero attached hydrogens (tertiary/aromatic N) is 2. The second-order valence-electron chi connectivity index (χ2n) is 6.18. The number of carbonyl (C=O) groups is 1. The van der Waals surface area contributed by atoms with Crippen LogP contribution in [0, 0.1) is 0 Å². The van der Waals surface area contributed by atoms with E-state index in [-0.39, 0.29) is 11.7 Å². The van der Waals surface area contributed by atoms with E-state index in [4.69, 9.17) is 4.74 Å². The number of benzene rings is 2. The molecule has 2 aromatic carbocycles. The third kappa shape index (κ3) is 5.14. The first-order valence-corrected chi connectivity index (χ1v) is 9.03. The minimum atomic E-state index is -0.331. The van der Waals surface area contributed by atoms with Crippen molar-refractivity contribution in [1.82, 2.24) is 9.97 Å². The first-order chi connectivity index (χ1) is 13.2. The van der Waals surface area contributed by atoms with Crippen LogP contribution in [0.5, 0.6) is 5.75 Å². The van der Waals surface area contributed by atoms with Gasteiger partial charge in [0.15, 0.2) is 0 Å². The van der Waals surface area contributed by atoms with E-state index in [1.54, 1.807) is 37.4 Å². The number of carbonyl (C=O) groups excluding carboxylic acids is 1. The molecule has 0 bridgehead atoms. The van der Waals surface area contributed by atoms with Crippen LogP contribution in [0.2, 0.25) is 0 Å². The Hall–Kier alpha value is -3.21. The Bertz CT molecular complexity index is 907. The van der Waals surface area contributed by atoms with Crippen molar-refractivity contribution >= 4 is 5.97 Å².